The number of amides is 1. The Labute approximate surface area is 358 Å². The van der Waals surface area contributed by atoms with Gasteiger partial charge in [0.15, 0.2) is 0 Å². The summed E-state index contributed by atoms with van der Waals surface area (Å²) in [5, 5.41) is 35.9. The van der Waals surface area contributed by atoms with Gasteiger partial charge in [-0.2, -0.15) is 0 Å². The van der Waals surface area contributed by atoms with Gasteiger partial charge in [0.25, 0.3) is 5.69 Å². The fraction of sp³-hybridized carbons (Fsp3) is 0.479. The molecule has 3 aliphatic rings. The summed E-state index contributed by atoms with van der Waals surface area (Å²) in [6.45, 7) is 11.2. The molecule has 0 radical (unpaired) electrons. The molecule has 13 nitrogen and oxygen atoms in total. The molecular weight excluding hydrogens is 777 g/mol. The van der Waals surface area contributed by atoms with Gasteiger partial charge in [-0.25, -0.2) is 0 Å². The van der Waals surface area contributed by atoms with Crippen molar-refractivity contribution in [3.8, 4) is 11.5 Å². The number of hydrogen-bond donors (Lipinski definition) is 2. The Kier molecular flexibility index (Phi) is 15.9. The molecule has 326 valence electrons. The Morgan fingerprint density at radius 2 is 1.85 bits per heavy atom. The maximum atomic E-state index is 14.6. The third-order valence-corrected chi connectivity index (χ3v) is 11.9. The van der Waals surface area contributed by atoms with Crippen molar-refractivity contribution >= 4 is 23.4 Å². The average Bonchev–Trinajstić information content (AvgIpc) is 3.26. The topological polar surface area (TPSA) is 166 Å². The van der Waals surface area contributed by atoms with Crippen molar-refractivity contribution in [2.75, 3.05) is 33.0 Å². The SMILES string of the molecule is C=CCO[C@@]12Oc3ccc(OCc4cccc(C)n4)cc3[C@H]3[C@H](CCCCO)[C@@H](CCCCO)C=C(C(=NOCC)C[C@@H]1N(CCC)C(=O)C=Cc1ccc([N+](=O)[O-])cc1)[C@H]32. The number of allylic oxidation sites excluding steroid dienone is 1. The first-order chi connectivity index (χ1) is 29.7. The molecule has 1 amide bonds. The van der Waals surface area contributed by atoms with Crippen LogP contribution in [0.1, 0.15) is 93.6 Å². The van der Waals surface area contributed by atoms with Crippen molar-refractivity contribution in [1.29, 1.82) is 0 Å². The lowest BCUT2D eigenvalue weighted by Crippen LogP contribution is -2.70. The van der Waals surface area contributed by atoms with Crippen LogP contribution in [0.25, 0.3) is 6.08 Å². The number of aliphatic hydroxyl groups is 2. The summed E-state index contributed by atoms with van der Waals surface area (Å²) < 4.78 is 20.8. The summed E-state index contributed by atoms with van der Waals surface area (Å²) in [6, 6.07) is 17.2. The first kappa shape index (κ1) is 45.2. The van der Waals surface area contributed by atoms with Crippen LogP contribution < -0.4 is 9.47 Å². The highest BCUT2D eigenvalue weighted by atomic mass is 16.7. The lowest BCUT2D eigenvalue weighted by molar-refractivity contribution is -0.384. The van der Waals surface area contributed by atoms with E-state index in [1.54, 1.807) is 24.3 Å². The fourth-order valence-electron chi connectivity index (χ4n) is 9.35. The zero-order valence-electron chi connectivity index (χ0n) is 35.6. The molecule has 0 bridgehead atoms. The molecule has 0 unspecified atom stereocenters. The molecule has 0 saturated heterocycles. The molecule has 61 heavy (non-hydrogen) atoms. The maximum Gasteiger partial charge on any atom is 0.269 e. The van der Waals surface area contributed by atoms with Crippen molar-refractivity contribution < 1.29 is 39.0 Å². The Bertz CT molecular complexity index is 2070. The predicted octanol–water partition coefficient (Wildman–Crippen LogP) is 8.48. The van der Waals surface area contributed by atoms with E-state index in [-0.39, 0.29) is 62.2 Å². The van der Waals surface area contributed by atoms with Crippen LogP contribution in [0.5, 0.6) is 11.5 Å². The lowest BCUT2D eigenvalue weighted by Gasteiger charge is -2.60. The third kappa shape index (κ3) is 10.4. The number of nitro groups is 1. The fourth-order valence-corrected chi connectivity index (χ4v) is 9.35. The normalized spacial score (nSPS) is 23.4. The number of nitro benzene ring substituents is 1. The standard InChI is InChI=1S/C48H60N4O9/c1-5-25-51(45(55)24-19-34-17-20-37(21-18-34)52(56)57)44-31-42(50-60-7-3)40-29-35(14-8-10-26-53)39(16-9-11-27-54)46-41-30-38(58-32-36-15-12-13-33(4)49-36)22-23-43(41)61-48(44,47(40)46)59-28-6-2/h6,12-13,15,17-24,29-30,35,39,44,46-47,53-54H,2,5,7-11,14,16,25-28,31-32H2,1,3-4H3/t35-,39+,44-,46+,47+,48+/m0/s1. The molecule has 1 aliphatic heterocycles. The van der Waals surface area contributed by atoms with Crippen LogP contribution in [0.3, 0.4) is 0 Å². The van der Waals surface area contributed by atoms with Crippen LogP contribution in [-0.2, 0) is 21.0 Å². The smallest absolute Gasteiger partial charge is 0.269 e. The number of aryl methyl sites for hydroxylation is 1. The van der Waals surface area contributed by atoms with Crippen LogP contribution in [0.4, 0.5) is 5.69 Å². The summed E-state index contributed by atoms with van der Waals surface area (Å²) in [5.41, 5.74) is 4.97. The van der Waals surface area contributed by atoms with Crippen LogP contribution in [0, 0.1) is 34.8 Å². The maximum absolute atomic E-state index is 14.6. The van der Waals surface area contributed by atoms with Gasteiger partial charge in [-0.3, -0.25) is 19.9 Å². The number of benzene rings is 2. The minimum Gasteiger partial charge on any atom is -0.487 e. The average molecular weight is 837 g/mol. The van der Waals surface area contributed by atoms with E-state index in [4.69, 9.17) is 24.2 Å². The summed E-state index contributed by atoms with van der Waals surface area (Å²) in [7, 11) is 0. The first-order valence-corrected chi connectivity index (χ1v) is 21.7. The number of nitrogens with zero attached hydrogens (tertiary/aromatic N) is 4. The molecule has 1 saturated carbocycles. The van der Waals surface area contributed by atoms with E-state index < -0.39 is 22.7 Å². The number of aliphatic hydroxyl groups excluding tert-OH is 2. The van der Waals surface area contributed by atoms with Crippen molar-refractivity contribution in [2.24, 2.45) is 22.9 Å². The van der Waals surface area contributed by atoms with Gasteiger partial charge in [0.1, 0.15) is 30.8 Å². The first-order valence-electron chi connectivity index (χ1n) is 21.7. The largest absolute Gasteiger partial charge is 0.487 e. The molecule has 6 atom stereocenters. The number of hydrogen-bond acceptors (Lipinski definition) is 11. The van der Waals surface area contributed by atoms with Crippen LogP contribution in [0.2, 0.25) is 0 Å². The van der Waals surface area contributed by atoms with Crippen LogP contribution in [-0.4, -0.2) is 81.4 Å². The number of carbonyl (C=O) groups is 1. The summed E-state index contributed by atoms with van der Waals surface area (Å²) in [4.78, 5) is 37.8. The monoisotopic (exact) mass is 836 g/mol. The number of unbranched alkanes of at least 4 members (excludes halogenated alkanes) is 2. The van der Waals surface area contributed by atoms with E-state index in [1.165, 1.54) is 18.2 Å². The highest BCUT2D eigenvalue weighted by Gasteiger charge is 2.65. The number of pyridine rings is 1. The van der Waals surface area contributed by atoms with Gasteiger partial charge in [-0.15, -0.1) is 6.58 Å². The molecule has 13 heteroatoms. The predicted molar refractivity (Wildman–Crippen MR) is 234 cm³/mol. The quantitative estimate of drug-likeness (QED) is 0.0330. The molecule has 2 N–H and O–H groups in total. The van der Waals surface area contributed by atoms with Crippen molar-refractivity contribution in [2.45, 2.75) is 96.5 Å². The van der Waals surface area contributed by atoms with E-state index in [2.05, 4.69) is 23.7 Å². The van der Waals surface area contributed by atoms with Gasteiger partial charge in [-0.05, 0) is 117 Å². The molecule has 0 spiro atoms. The number of fused-ring (bicyclic) bond motifs is 2. The zero-order valence-corrected chi connectivity index (χ0v) is 35.6. The van der Waals surface area contributed by atoms with Crippen LogP contribution in [0.15, 0.2) is 96.2 Å². The number of ether oxygens (including phenoxy) is 3. The Morgan fingerprint density at radius 1 is 1.08 bits per heavy atom. The van der Waals surface area contributed by atoms with Gasteiger partial charge in [0.2, 0.25) is 11.7 Å². The second-order valence-electron chi connectivity index (χ2n) is 16.0. The minimum atomic E-state index is -1.39. The molecule has 2 aliphatic carbocycles. The summed E-state index contributed by atoms with van der Waals surface area (Å²) in [5.74, 6) is -0.864. The highest BCUT2D eigenvalue weighted by molar-refractivity contribution is 6.03. The molecule has 3 aromatic rings. The van der Waals surface area contributed by atoms with E-state index in [0.717, 1.165) is 53.9 Å². The number of carbonyl (C=O) groups excluding carboxylic acids is 1. The number of aromatic nitrogens is 1. The Morgan fingerprint density at radius 3 is 2.54 bits per heavy atom. The van der Waals surface area contributed by atoms with Crippen molar-refractivity contribution in [3.63, 3.8) is 0 Å². The number of rotatable bonds is 22. The van der Waals surface area contributed by atoms with Gasteiger partial charge < -0.3 is 34.2 Å². The van der Waals surface area contributed by atoms with Gasteiger partial charge in [-0.1, -0.05) is 43.1 Å². The van der Waals surface area contributed by atoms with E-state index in [9.17, 15) is 25.1 Å². The molecule has 2 heterocycles. The second-order valence-corrected chi connectivity index (χ2v) is 16.0. The van der Waals surface area contributed by atoms with E-state index in [1.807, 2.05) is 56.0 Å². The summed E-state index contributed by atoms with van der Waals surface area (Å²) >= 11 is 0. The van der Waals surface area contributed by atoms with E-state index >= 15 is 0 Å². The number of non-ortho nitro benzene ring substituents is 1. The second kappa shape index (κ2) is 21.4. The third-order valence-electron chi connectivity index (χ3n) is 11.9. The Hall–Kier alpha value is -5.37. The molecule has 1 aromatic heterocycles. The molecule has 6 rings (SSSR count). The molecule has 2 aromatic carbocycles. The van der Waals surface area contributed by atoms with Crippen LogP contribution >= 0.6 is 0 Å². The van der Waals surface area contributed by atoms with Gasteiger partial charge in [0.05, 0.1) is 28.9 Å². The number of oxime groups is 1. The highest BCUT2D eigenvalue weighted by Crippen LogP contribution is 2.62. The molecule has 1 fully saturated rings. The molecular formula is C48H60N4O9. The van der Waals surface area contributed by atoms with Gasteiger partial charge >= 0.3 is 0 Å². The zero-order chi connectivity index (χ0) is 43.4. The van der Waals surface area contributed by atoms with Crippen molar-refractivity contribution in [3.05, 3.63) is 124 Å². The van der Waals surface area contributed by atoms with E-state index in [0.29, 0.717) is 49.5 Å². The summed E-state index contributed by atoms with van der Waals surface area (Å²) in [6.07, 6.45) is 12.7. The minimum absolute atomic E-state index is 0.0337. The lowest BCUT2D eigenvalue weighted by atomic mass is 9.55. The van der Waals surface area contributed by atoms with Gasteiger partial charge in [0, 0.05) is 61.6 Å². The van der Waals surface area contributed by atoms with Crippen molar-refractivity contribution in [1.82, 2.24) is 9.88 Å². The Balaban J connectivity index is 1.52.